The van der Waals surface area contributed by atoms with Crippen molar-refractivity contribution >= 4 is 23.6 Å². The van der Waals surface area contributed by atoms with Crippen LogP contribution in [0.3, 0.4) is 0 Å². The molecular weight excluding hydrogens is 291 g/mol. The first-order chi connectivity index (χ1) is 9.43. The largest absolute Gasteiger partial charge is 0.416 e. The summed E-state index contributed by atoms with van der Waals surface area (Å²) in [7, 11) is 0. The second-order valence-corrected chi connectivity index (χ2v) is 4.99. The molecule has 1 aromatic rings. The van der Waals surface area contributed by atoms with Crippen LogP contribution in [0, 0.1) is 0 Å². The standard InChI is InChI=1S/C12H16F3N3OS/c1-20-7-3-2-5-17-11(19)18-10-8-9(4-6-16-10)12(13,14)15/h4,6,8H,2-3,5,7H2,1H3,(H2,16,17,18,19). The summed E-state index contributed by atoms with van der Waals surface area (Å²) in [6, 6.07) is 1.10. The number of unbranched alkanes of at least 4 members (excludes halogenated alkanes) is 1. The number of hydrogen-bond donors (Lipinski definition) is 2. The number of anilines is 1. The van der Waals surface area contributed by atoms with Gasteiger partial charge in [0.05, 0.1) is 5.56 Å². The van der Waals surface area contributed by atoms with Gasteiger partial charge in [-0.15, -0.1) is 0 Å². The van der Waals surface area contributed by atoms with Crippen LogP contribution >= 0.6 is 11.8 Å². The molecule has 1 aromatic heterocycles. The third-order valence-corrected chi connectivity index (χ3v) is 3.09. The molecule has 0 aliphatic heterocycles. The number of hydrogen-bond acceptors (Lipinski definition) is 3. The molecule has 2 N–H and O–H groups in total. The Hall–Kier alpha value is -1.44. The number of aromatic nitrogens is 1. The zero-order chi connectivity index (χ0) is 15.0. The Bertz CT molecular complexity index is 440. The highest BCUT2D eigenvalue weighted by Crippen LogP contribution is 2.29. The SMILES string of the molecule is CSCCCCNC(=O)Nc1cc(C(F)(F)F)ccn1. The fraction of sp³-hybridized carbons (Fsp3) is 0.500. The van der Waals surface area contributed by atoms with Crippen molar-refractivity contribution in [3.05, 3.63) is 23.9 Å². The van der Waals surface area contributed by atoms with E-state index in [9.17, 15) is 18.0 Å². The molecule has 4 nitrogen and oxygen atoms in total. The first-order valence-electron chi connectivity index (χ1n) is 6.00. The Balaban J connectivity index is 2.42. The van der Waals surface area contributed by atoms with Crippen molar-refractivity contribution in [1.82, 2.24) is 10.3 Å². The van der Waals surface area contributed by atoms with E-state index in [0.717, 1.165) is 36.9 Å². The van der Waals surface area contributed by atoms with Gasteiger partial charge in [0.1, 0.15) is 5.82 Å². The molecule has 112 valence electrons. The number of nitrogens with zero attached hydrogens (tertiary/aromatic N) is 1. The number of nitrogens with one attached hydrogen (secondary N) is 2. The van der Waals surface area contributed by atoms with E-state index in [4.69, 9.17) is 0 Å². The lowest BCUT2D eigenvalue weighted by atomic mass is 10.2. The predicted octanol–water partition coefficient (Wildman–Crippen LogP) is 3.37. The molecule has 0 atom stereocenters. The average molecular weight is 307 g/mol. The maximum Gasteiger partial charge on any atom is 0.416 e. The van der Waals surface area contributed by atoms with Gasteiger partial charge in [-0.05, 0) is 37.0 Å². The normalized spacial score (nSPS) is 11.2. The van der Waals surface area contributed by atoms with Crippen LogP contribution in [0.25, 0.3) is 0 Å². The van der Waals surface area contributed by atoms with E-state index in [1.165, 1.54) is 0 Å². The van der Waals surface area contributed by atoms with Gasteiger partial charge in [-0.1, -0.05) is 0 Å². The molecule has 2 amide bonds. The molecule has 0 saturated heterocycles. The van der Waals surface area contributed by atoms with E-state index in [2.05, 4.69) is 15.6 Å². The number of amides is 2. The van der Waals surface area contributed by atoms with Gasteiger partial charge in [0.15, 0.2) is 0 Å². The zero-order valence-electron chi connectivity index (χ0n) is 11.0. The molecule has 0 aliphatic rings. The third kappa shape index (κ3) is 6.14. The number of thioether (sulfide) groups is 1. The van der Waals surface area contributed by atoms with Crippen molar-refractivity contribution in [2.75, 3.05) is 23.9 Å². The van der Waals surface area contributed by atoms with Gasteiger partial charge in [0, 0.05) is 12.7 Å². The van der Waals surface area contributed by atoms with Crippen LogP contribution < -0.4 is 10.6 Å². The van der Waals surface area contributed by atoms with Crippen molar-refractivity contribution in [3.8, 4) is 0 Å². The summed E-state index contributed by atoms with van der Waals surface area (Å²) in [5, 5.41) is 4.85. The molecule has 0 fully saturated rings. The molecule has 0 saturated carbocycles. The molecular formula is C12H16F3N3OS. The summed E-state index contributed by atoms with van der Waals surface area (Å²) in [6.45, 7) is 0.478. The van der Waals surface area contributed by atoms with Gasteiger partial charge in [-0.25, -0.2) is 9.78 Å². The maximum absolute atomic E-state index is 12.5. The minimum atomic E-state index is -4.45. The van der Waals surface area contributed by atoms with Crippen molar-refractivity contribution < 1.29 is 18.0 Å². The number of urea groups is 1. The van der Waals surface area contributed by atoms with Gasteiger partial charge in [0.2, 0.25) is 0 Å². The summed E-state index contributed by atoms with van der Waals surface area (Å²) in [5.74, 6) is 0.889. The number of halogens is 3. The molecule has 0 bridgehead atoms. The second-order valence-electron chi connectivity index (χ2n) is 4.01. The topological polar surface area (TPSA) is 54.0 Å². The second kappa shape index (κ2) is 7.98. The number of pyridine rings is 1. The third-order valence-electron chi connectivity index (χ3n) is 2.39. The quantitative estimate of drug-likeness (QED) is 0.792. The summed E-state index contributed by atoms with van der Waals surface area (Å²) >= 11 is 1.72. The first-order valence-corrected chi connectivity index (χ1v) is 7.40. The molecule has 0 radical (unpaired) electrons. The number of rotatable bonds is 6. The Morgan fingerprint density at radius 2 is 2.15 bits per heavy atom. The summed E-state index contributed by atoms with van der Waals surface area (Å²) in [6.07, 6.45) is 0.359. The van der Waals surface area contributed by atoms with Gasteiger partial charge in [0.25, 0.3) is 0 Å². The number of carbonyl (C=O) groups excluding carboxylic acids is 1. The zero-order valence-corrected chi connectivity index (χ0v) is 11.8. The molecule has 0 unspecified atom stereocenters. The van der Waals surface area contributed by atoms with E-state index >= 15 is 0 Å². The Morgan fingerprint density at radius 1 is 1.40 bits per heavy atom. The monoisotopic (exact) mass is 307 g/mol. The Labute approximate surface area is 119 Å². The fourth-order valence-electron chi connectivity index (χ4n) is 1.41. The highest BCUT2D eigenvalue weighted by molar-refractivity contribution is 7.98. The van der Waals surface area contributed by atoms with Crippen LogP contribution in [0.5, 0.6) is 0 Å². The van der Waals surface area contributed by atoms with E-state index in [1.807, 2.05) is 6.26 Å². The molecule has 0 aromatic carbocycles. The van der Waals surface area contributed by atoms with Crippen molar-refractivity contribution in [3.63, 3.8) is 0 Å². The lowest BCUT2D eigenvalue weighted by molar-refractivity contribution is -0.137. The highest BCUT2D eigenvalue weighted by Gasteiger charge is 2.30. The van der Waals surface area contributed by atoms with Crippen LogP contribution in [0.1, 0.15) is 18.4 Å². The average Bonchev–Trinajstić information content (AvgIpc) is 2.38. The summed E-state index contributed by atoms with van der Waals surface area (Å²) in [5.41, 5.74) is -0.845. The van der Waals surface area contributed by atoms with E-state index in [0.29, 0.717) is 6.54 Å². The van der Waals surface area contributed by atoms with E-state index in [1.54, 1.807) is 11.8 Å². The van der Waals surface area contributed by atoms with Crippen LogP contribution in [0.15, 0.2) is 18.3 Å². The Morgan fingerprint density at radius 3 is 2.80 bits per heavy atom. The van der Waals surface area contributed by atoms with Gasteiger partial charge in [-0.3, -0.25) is 5.32 Å². The van der Waals surface area contributed by atoms with Crippen LogP contribution in [0.4, 0.5) is 23.8 Å². The minimum absolute atomic E-state index is 0.124. The van der Waals surface area contributed by atoms with Gasteiger partial charge in [-0.2, -0.15) is 24.9 Å². The maximum atomic E-state index is 12.5. The molecule has 8 heteroatoms. The van der Waals surface area contributed by atoms with Crippen molar-refractivity contribution in [2.24, 2.45) is 0 Å². The van der Waals surface area contributed by atoms with Crippen LogP contribution in [0.2, 0.25) is 0 Å². The fourth-order valence-corrected chi connectivity index (χ4v) is 1.90. The summed E-state index contributed by atoms with van der Waals surface area (Å²) < 4.78 is 37.4. The van der Waals surface area contributed by atoms with E-state index in [-0.39, 0.29) is 5.82 Å². The lowest BCUT2D eigenvalue weighted by Crippen LogP contribution is -2.30. The number of alkyl halides is 3. The Kier molecular flexibility index (Phi) is 6.63. The smallest absolute Gasteiger partial charge is 0.338 e. The van der Waals surface area contributed by atoms with Crippen molar-refractivity contribution in [1.29, 1.82) is 0 Å². The molecule has 1 rings (SSSR count). The van der Waals surface area contributed by atoms with Gasteiger partial charge < -0.3 is 5.32 Å². The van der Waals surface area contributed by atoms with Crippen LogP contribution in [-0.2, 0) is 6.18 Å². The molecule has 20 heavy (non-hydrogen) atoms. The molecule has 1 heterocycles. The predicted molar refractivity (Wildman–Crippen MR) is 73.9 cm³/mol. The lowest BCUT2D eigenvalue weighted by Gasteiger charge is -2.09. The summed E-state index contributed by atoms with van der Waals surface area (Å²) in [4.78, 5) is 15.1. The highest BCUT2D eigenvalue weighted by atomic mass is 32.2. The van der Waals surface area contributed by atoms with Crippen LogP contribution in [-0.4, -0.2) is 29.6 Å². The van der Waals surface area contributed by atoms with Crippen molar-refractivity contribution in [2.45, 2.75) is 19.0 Å². The minimum Gasteiger partial charge on any atom is -0.338 e. The first kappa shape index (κ1) is 16.6. The number of carbonyl (C=O) groups is 1. The van der Waals surface area contributed by atoms with Gasteiger partial charge >= 0.3 is 12.2 Å². The van der Waals surface area contributed by atoms with E-state index < -0.39 is 17.8 Å². The molecule has 0 spiro atoms. The molecule has 0 aliphatic carbocycles.